The van der Waals surface area contributed by atoms with Gasteiger partial charge in [-0.05, 0) is 35.9 Å². The van der Waals surface area contributed by atoms with Gasteiger partial charge in [-0.3, -0.25) is 14.6 Å². The molecule has 3 heterocycles. The van der Waals surface area contributed by atoms with Crippen molar-refractivity contribution in [2.75, 3.05) is 20.3 Å². The summed E-state index contributed by atoms with van der Waals surface area (Å²) < 4.78 is 13.4. The highest BCUT2D eigenvalue weighted by Gasteiger charge is 2.22. The molecule has 0 saturated carbocycles. The number of ether oxygens (including phenoxy) is 2. The maximum atomic E-state index is 5.99. The van der Waals surface area contributed by atoms with Crippen LogP contribution in [-0.4, -0.2) is 39.9 Å². The Morgan fingerprint density at radius 2 is 1.93 bits per heavy atom. The minimum Gasteiger partial charge on any atom is -0.497 e. The van der Waals surface area contributed by atoms with Crippen molar-refractivity contribution in [2.24, 2.45) is 5.92 Å². The van der Waals surface area contributed by atoms with E-state index in [2.05, 4.69) is 37.9 Å². The summed E-state index contributed by atoms with van der Waals surface area (Å²) in [7, 11) is 1.69. The number of hydrogen-bond acceptors (Lipinski definition) is 5. The van der Waals surface area contributed by atoms with Crippen LogP contribution < -0.4 is 4.74 Å². The van der Waals surface area contributed by atoms with E-state index in [1.165, 1.54) is 11.3 Å². The van der Waals surface area contributed by atoms with Crippen molar-refractivity contribution in [1.82, 2.24) is 19.7 Å². The molecule has 0 aliphatic carbocycles. The van der Waals surface area contributed by atoms with Gasteiger partial charge in [0.15, 0.2) is 0 Å². The second kappa shape index (κ2) is 8.99. The Kier molecular flexibility index (Phi) is 5.99. The molecule has 0 bridgehead atoms. The fourth-order valence-electron chi connectivity index (χ4n) is 3.65. The van der Waals surface area contributed by atoms with E-state index in [0.29, 0.717) is 19.1 Å². The first-order valence-corrected chi connectivity index (χ1v) is 9.64. The first-order chi connectivity index (χ1) is 13.8. The topological polar surface area (TPSA) is 52.4 Å². The number of nitrogens with zero attached hydrogens (tertiary/aromatic N) is 4. The molecule has 6 nitrogen and oxygen atoms in total. The van der Waals surface area contributed by atoms with Gasteiger partial charge in [-0.15, -0.1) is 0 Å². The molecule has 6 heteroatoms. The summed E-state index contributed by atoms with van der Waals surface area (Å²) >= 11 is 0. The maximum Gasteiger partial charge on any atom is 0.118 e. The average Bonchev–Trinajstić information content (AvgIpc) is 3.09. The molecular weight excluding hydrogens is 352 g/mol. The van der Waals surface area contributed by atoms with E-state index in [1.807, 2.05) is 36.5 Å². The lowest BCUT2D eigenvalue weighted by molar-refractivity contribution is 0.0640. The first-order valence-electron chi connectivity index (χ1n) is 9.64. The highest BCUT2D eigenvalue weighted by atomic mass is 16.5. The van der Waals surface area contributed by atoms with Crippen LogP contribution in [0.4, 0.5) is 0 Å². The van der Waals surface area contributed by atoms with Gasteiger partial charge in [0.1, 0.15) is 5.75 Å². The van der Waals surface area contributed by atoms with Crippen molar-refractivity contribution >= 4 is 0 Å². The van der Waals surface area contributed by atoms with Crippen molar-refractivity contribution in [1.29, 1.82) is 0 Å². The van der Waals surface area contributed by atoms with Gasteiger partial charge in [0, 0.05) is 44.5 Å². The summed E-state index contributed by atoms with van der Waals surface area (Å²) in [6.45, 7) is 4.87. The normalized spacial score (nSPS) is 17.1. The lowest BCUT2D eigenvalue weighted by atomic mass is 10.1. The second-order valence-electron chi connectivity index (χ2n) is 7.22. The van der Waals surface area contributed by atoms with E-state index < -0.39 is 0 Å². The summed E-state index contributed by atoms with van der Waals surface area (Å²) in [4.78, 5) is 6.80. The van der Waals surface area contributed by atoms with Gasteiger partial charge in [0.2, 0.25) is 0 Å². The summed E-state index contributed by atoms with van der Waals surface area (Å²) in [6, 6.07) is 16.3. The number of aromatic nitrogens is 3. The first kappa shape index (κ1) is 18.7. The smallest absolute Gasteiger partial charge is 0.118 e. The van der Waals surface area contributed by atoms with Gasteiger partial charge in [0.05, 0.1) is 31.7 Å². The lowest BCUT2D eigenvalue weighted by Crippen LogP contribution is -2.30. The number of benzene rings is 1. The molecule has 3 aromatic rings. The van der Waals surface area contributed by atoms with E-state index in [9.17, 15) is 0 Å². The number of rotatable bonds is 7. The highest BCUT2D eigenvalue weighted by Crippen LogP contribution is 2.20. The number of pyridine rings is 1. The Morgan fingerprint density at radius 3 is 2.71 bits per heavy atom. The SMILES string of the molecule is COc1ccc(CN2Cc3ccnn3C[C@H](COCc3ccccn3)C2)cc1. The van der Waals surface area contributed by atoms with Gasteiger partial charge in [-0.25, -0.2) is 0 Å². The van der Waals surface area contributed by atoms with Crippen LogP contribution in [0, 0.1) is 5.92 Å². The summed E-state index contributed by atoms with van der Waals surface area (Å²) in [5, 5.41) is 4.50. The Hall–Kier alpha value is -2.70. The molecule has 0 fully saturated rings. The summed E-state index contributed by atoms with van der Waals surface area (Å²) in [5.74, 6) is 1.27. The average molecular weight is 378 g/mol. The molecule has 0 radical (unpaired) electrons. The Balaban J connectivity index is 1.40. The summed E-state index contributed by atoms with van der Waals surface area (Å²) in [6.07, 6.45) is 3.69. The van der Waals surface area contributed by atoms with Crippen molar-refractivity contribution in [3.8, 4) is 5.75 Å². The van der Waals surface area contributed by atoms with Crippen molar-refractivity contribution < 1.29 is 9.47 Å². The van der Waals surface area contributed by atoms with Crippen LogP contribution in [0.3, 0.4) is 0 Å². The fourth-order valence-corrected chi connectivity index (χ4v) is 3.65. The van der Waals surface area contributed by atoms with Crippen molar-refractivity contribution in [3.05, 3.63) is 77.9 Å². The van der Waals surface area contributed by atoms with Crippen LogP contribution in [0.2, 0.25) is 0 Å². The van der Waals surface area contributed by atoms with E-state index >= 15 is 0 Å². The largest absolute Gasteiger partial charge is 0.497 e. The quantitative estimate of drug-likeness (QED) is 0.632. The number of methoxy groups -OCH3 is 1. The fraction of sp³-hybridized carbons (Fsp3) is 0.364. The van der Waals surface area contributed by atoms with E-state index in [1.54, 1.807) is 13.3 Å². The molecule has 0 N–H and O–H groups in total. The predicted molar refractivity (Wildman–Crippen MR) is 107 cm³/mol. The van der Waals surface area contributed by atoms with Crippen LogP contribution in [0.15, 0.2) is 60.9 Å². The monoisotopic (exact) mass is 378 g/mol. The highest BCUT2D eigenvalue weighted by molar-refractivity contribution is 5.27. The molecule has 2 aromatic heterocycles. The Bertz CT molecular complexity index is 864. The van der Waals surface area contributed by atoms with Gasteiger partial charge in [-0.2, -0.15) is 5.10 Å². The van der Waals surface area contributed by atoms with Gasteiger partial charge in [-0.1, -0.05) is 18.2 Å². The lowest BCUT2D eigenvalue weighted by Gasteiger charge is -2.24. The molecule has 0 amide bonds. The minimum atomic E-state index is 0.378. The molecule has 0 saturated heterocycles. The zero-order valence-corrected chi connectivity index (χ0v) is 16.2. The van der Waals surface area contributed by atoms with Crippen LogP contribution in [0.1, 0.15) is 17.0 Å². The molecule has 1 aromatic carbocycles. The molecule has 1 aliphatic heterocycles. The maximum absolute atomic E-state index is 5.99. The zero-order valence-electron chi connectivity index (χ0n) is 16.2. The molecule has 0 unspecified atom stereocenters. The molecule has 146 valence electrons. The third-order valence-corrected chi connectivity index (χ3v) is 5.03. The van der Waals surface area contributed by atoms with Gasteiger partial charge in [0.25, 0.3) is 0 Å². The standard InChI is InChI=1S/C22H26N4O2/c1-27-22-7-5-18(6-8-22)12-25-13-19(14-26-21(15-25)9-11-24-26)16-28-17-20-4-2-3-10-23-20/h2-11,19H,12-17H2,1H3/t19-/m1/s1. The molecule has 0 spiro atoms. The molecule has 1 atom stereocenters. The van der Waals surface area contributed by atoms with Gasteiger partial charge >= 0.3 is 0 Å². The molecule has 1 aliphatic rings. The van der Waals surface area contributed by atoms with Gasteiger partial charge < -0.3 is 9.47 Å². The Labute approximate surface area is 165 Å². The van der Waals surface area contributed by atoms with E-state index in [0.717, 1.165) is 37.6 Å². The zero-order chi connectivity index (χ0) is 19.2. The third-order valence-electron chi connectivity index (χ3n) is 5.03. The molecule has 28 heavy (non-hydrogen) atoms. The Morgan fingerprint density at radius 1 is 1.04 bits per heavy atom. The molecular formula is C22H26N4O2. The molecule has 4 rings (SSSR count). The number of hydrogen-bond donors (Lipinski definition) is 0. The minimum absolute atomic E-state index is 0.378. The van der Waals surface area contributed by atoms with Crippen LogP contribution in [0.25, 0.3) is 0 Å². The van der Waals surface area contributed by atoms with Crippen LogP contribution in [-0.2, 0) is 31.0 Å². The second-order valence-corrected chi connectivity index (χ2v) is 7.22. The van der Waals surface area contributed by atoms with E-state index in [4.69, 9.17) is 9.47 Å². The predicted octanol–water partition coefficient (Wildman–Crippen LogP) is 3.14. The van der Waals surface area contributed by atoms with Crippen molar-refractivity contribution in [3.63, 3.8) is 0 Å². The number of fused-ring (bicyclic) bond motifs is 1. The van der Waals surface area contributed by atoms with E-state index in [-0.39, 0.29) is 0 Å². The summed E-state index contributed by atoms with van der Waals surface area (Å²) in [5.41, 5.74) is 3.49. The van der Waals surface area contributed by atoms with Crippen molar-refractivity contribution in [2.45, 2.75) is 26.2 Å². The van der Waals surface area contributed by atoms with Crippen LogP contribution in [0.5, 0.6) is 5.75 Å². The third kappa shape index (κ3) is 4.77. The van der Waals surface area contributed by atoms with Crippen LogP contribution >= 0.6 is 0 Å².